The number of fused-ring (bicyclic) bond motifs is 1. The van der Waals surface area contributed by atoms with Crippen LogP contribution in [0.15, 0.2) is 69.3 Å². The second-order valence-electron chi connectivity index (χ2n) is 8.26. The molecule has 0 aliphatic carbocycles. The number of carbonyl (C=O) groups is 1. The van der Waals surface area contributed by atoms with E-state index >= 15 is 0 Å². The van der Waals surface area contributed by atoms with Crippen LogP contribution in [0.5, 0.6) is 0 Å². The van der Waals surface area contributed by atoms with Crippen molar-refractivity contribution >= 4 is 81.5 Å². The highest BCUT2D eigenvalue weighted by Gasteiger charge is 2.35. The molecule has 3 heterocycles. The fourth-order valence-electron chi connectivity index (χ4n) is 4.13. The van der Waals surface area contributed by atoms with Gasteiger partial charge in [0.25, 0.3) is 10.0 Å². The summed E-state index contributed by atoms with van der Waals surface area (Å²) in [6.07, 6.45) is 0.914. The average molecular weight is 611 g/mol. The molecule has 0 atom stereocenters. The van der Waals surface area contributed by atoms with Gasteiger partial charge >= 0.3 is 0 Å². The van der Waals surface area contributed by atoms with E-state index in [9.17, 15) is 13.2 Å². The molecule has 35 heavy (non-hydrogen) atoms. The smallest absolute Gasteiger partial charge is 0.252 e. The number of anilines is 1. The largest absolute Gasteiger partial charge is 0.283 e. The zero-order valence-electron chi connectivity index (χ0n) is 18.4. The lowest BCUT2D eigenvalue weighted by atomic mass is 9.96. The molecule has 0 radical (unpaired) electrons. The van der Waals surface area contributed by atoms with Gasteiger partial charge in [-0.1, -0.05) is 69.2 Å². The highest BCUT2D eigenvalue weighted by atomic mass is 79.9. The van der Waals surface area contributed by atoms with Crippen molar-refractivity contribution in [3.8, 4) is 0 Å². The minimum atomic E-state index is -3.60. The zero-order chi connectivity index (χ0) is 24.6. The van der Waals surface area contributed by atoms with Crippen molar-refractivity contribution in [1.82, 2.24) is 9.29 Å². The van der Waals surface area contributed by atoms with Crippen LogP contribution in [0.2, 0.25) is 4.34 Å². The fraction of sp³-hybridized carbons (Fsp3) is 0.250. The summed E-state index contributed by atoms with van der Waals surface area (Å²) in [4.78, 5) is 20.3. The molecule has 1 saturated heterocycles. The van der Waals surface area contributed by atoms with Gasteiger partial charge in [0.05, 0.1) is 21.1 Å². The van der Waals surface area contributed by atoms with E-state index in [0.29, 0.717) is 41.9 Å². The molecule has 2 aromatic heterocycles. The highest BCUT2D eigenvalue weighted by Crippen LogP contribution is 2.35. The fourth-order valence-corrected chi connectivity index (χ4v) is 8.76. The normalized spacial score (nSPS) is 15.5. The Morgan fingerprint density at radius 1 is 1.09 bits per heavy atom. The predicted octanol–water partition coefficient (Wildman–Crippen LogP) is 6.41. The van der Waals surface area contributed by atoms with Crippen molar-refractivity contribution in [2.45, 2.75) is 23.6 Å². The van der Waals surface area contributed by atoms with E-state index in [1.54, 1.807) is 11.0 Å². The van der Waals surface area contributed by atoms with Gasteiger partial charge in [-0.3, -0.25) is 9.69 Å². The van der Waals surface area contributed by atoms with Gasteiger partial charge in [-0.2, -0.15) is 4.31 Å². The summed E-state index contributed by atoms with van der Waals surface area (Å²) in [6, 6.07) is 18.8. The Bertz CT molecular complexity index is 1460. The molecule has 0 saturated carbocycles. The number of nitrogens with zero attached hydrogens (tertiary/aromatic N) is 3. The van der Waals surface area contributed by atoms with Crippen molar-refractivity contribution in [2.75, 3.05) is 18.0 Å². The first-order valence-corrected chi connectivity index (χ1v) is 15.2. The number of halogens is 2. The Morgan fingerprint density at radius 2 is 1.83 bits per heavy atom. The van der Waals surface area contributed by atoms with Crippen LogP contribution in [0.3, 0.4) is 0 Å². The summed E-state index contributed by atoms with van der Waals surface area (Å²) in [5.74, 6) is -0.306. The first kappa shape index (κ1) is 24.9. The van der Waals surface area contributed by atoms with Gasteiger partial charge < -0.3 is 0 Å². The van der Waals surface area contributed by atoms with Gasteiger partial charge in [-0.15, -0.1) is 11.3 Å². The summed E-state index contributed by atoms with van der Waals surface area (Å²) in [5, 5.41) is 0.648. The van der Waals surface area contributed by atoms with Gasteiger partial charge in [0.2, 0.25) is 5.91 Å². The lowest BCUT2D eigenvalue weighted by Gasteiger charge is -2.32. The summed E-state index contributed by atoms with van der Waals surface area (Å²) >= 11 is 12.0. The first-order chi connectivity index (χ1) is 16.8. The number of benzene rings is 2. The number of amides is 1. The number of aromatic nitrogens is 1. The third-order valence-corrected chi connectivity index (χ3v) is 11.1. The Labute approximate surface area is 225 Å². The Kier molecular flexibility index (Phi) is 7.30. The van der Waals surface area contributed by atoms with E-state index < -0.39 is 10.0 Å². The standard InChI is InChI=1S/C24H21BrClN3O3S3/c25-18-6-7-19-20(14-18)33-24(27-19)29(15-16-4-2-1-3-5-16)23(30)17-10-12-28(13-11-17)35(31,32)22-9-8-21(26)34-22/h1-9,14,17H,10-13,15H2. The Hall–Kier alpha value is -1.82. The number of sulfonamides is 1. The van der Waals surface area contributed by atoms with Crippen LogP contribution in [-0.4, -0.2) is 36.7 Å². The van der Waals surface area contributed by atoms with Crippen molar-refractivity contribution in [2.24, 2.45) is 5.92 Å². The van der Waals surface area contributed by atoms with Crippen LogP contribution < -0.4 is 4.90 Å². The van der Waals surface area contributed by atoms with E-state index in [1.165, 1.54) is 21.7 Å². The van der Waals surface area contributed by atoms with Gasteiger partial charge in [0.1, 0.15) is 4.21 Å². The third-order valence-electron chi connectivity index (χ3n) is 5.97. The molecule has 0 unspecified atom stereocenters. The molecule has 6 nitrogen and oxygen atoms in total. The summed E-state index contributed by atoms with van der Waals surface area (Å²) in [6.45, 7) is 0.993. The number of thiophene rings is 1. The van der Waals surface area contributed by atoms with E-state index in [2.05, 4.69) is 15.9 Å². The Balaban J connectivity index is 1.37. The number of piperidine rings is 1. The van der Waals surface area contributed by atoms with E-state index in [-0.39, 0.29) is 16.0 Å². The summed E-state index contributed by atoms with van der Waals surface area (Å²) in [5.41, 5.74) is 1.85. The highest BCUT2D eigenvalue weighted by molar-refractivity contribution is 9.10. The van der Waals surface area contributed by atoms with Crippen LogP contribution in [-0.2, 0) is 21.4 Å². The number of rotatable bonds is 6. The van der Waals surface area contributed by atoms with Crippen LogP contribution in [0.25, 0.3) is 10.2 Å². The molecular formula is C24H21BrClN3O3S3. The molecule has 1 aliphatic heterocycles. The van der Waals surface area contributed by atoms with Crippen LogP contribution >= 0.6 is 50.2 Å². The minimum absolute atomic E-state index is 0.0248. The van der Waals surface area contributed by atoms with Crippen molar-refractivity contribution in [3.05, 3.63) is 75.0 Å². The third kappa shape index (κ3) is 5.33. The van der Waals surface area contributed by atoms with E-state index in [0.717, 1.165) is 31.6 Å². The maximum atomic E-state index is 13.8. The van der Waals surface area contributed by atoms with Crippen LogP contribution in [0, 0.1) is 5.92 Å². The summed E-state index contributed by atoms with van der Waals surface area (Å²) < 4.78 is 30.0. The van der Waals surface area contributed by atoms with Crippen molar-refractivity contribution < 1.29 is 13.2 Å². The molecule has 0 bridgehead atoms. The van der Waals surface area contributed by atoms with Crippen LogP contribution in [0.1, 0.15) is 18.4 Å². The second-order valence-corrected chi connectivity index (χ2v) is 14.1. The second kappa shape index (κ2) is 10.3. The lowest BCUT2D eigenvalue weighted by Crippen LogP contribution is -2.44. The number of hydrogen-bond donors (Lipinski definition) is 0. The molecule has 11 heteroatoms. The number of thiazole rings is 1. The molecule has 1 amide bonds. The molecule has 1 fully saturated rings. The zero-order valence-corrected chi connectivity index (χ0v) is 23.2. The molecule has 1 aliphatic rings. The van der Waals surface area contributed by atoms with Gasteiger partial charge in [0, 0.05) is 23.5 Å². The predicted molar refractivity (Wildman–Crippen MR) is 146 cm³/mol. The lowest BCUT2D eigenvalue weighted by molar-refractivity contribution is -0.123. The monoisotopic (exact) mass is 609 g/mol. The maximum Gasteiger partial charge on any atom is 0.252 e. The van der Waals surface area contributed by atoms with Crippen molar-refractivity contribution in [1.29, 1.82) is 0 Å². The maximum absolute atomic E-state index is 13.8. The minimum Gasteiger partial charge on any atom is -0.283 e. The van der Waals surface area contributed by atoms with Gasteiger partial charge in [-0.05, 0) is 48.7 Å². The first-order valence-electron chi connectivity index (χ1n) is 11.0. The Morgan fingerprint density at radius 3 is 2.51 bits per heavy atom. The van der Waals surface area contributed by atoms with Crippen molar-refractivity contribution in [3.63, 3.8) is 0 Å². The van der Waals surface area contributed by atoms with Gasteiger partial charge in [0.15, 0.2) is 5.13 Å². The number of hydrogen-bond acceptors (Lipinski definition) is 6. The van der Waals surface area contributed by atoms with Crippen LogP contribution in [0.4, 0.5) is 5.13 Å². The molecule has 5 rings (SSSR count). The van der Waals surface area contributed by atoms with Gasteiger partial charge in [-0.25, -0.2) is 13.4 Å². The number of carbonyl (C=O) groups excluding carboxylic acids is 1. The topological polar surface area (TPSA) is 70.6 Å². The molecular weight excluding hydrogens is 590 g/mol. The molecule has 4 aromatic rings. The molecule has 2 aromatic carbocycles. The average Bonchev–Trinajstić information content (AvgIpc) is 3.49. The SMILES string of the molecule is O=C(C1CCN(S(=O)(=O)c2ccc(Cl)s2)CC1)N(Cc1ccccc1)c1nc2ccc(Br)cc2s1. The van der Waals surface area contributed by atoms with E-state index in [4.69, 9.17) is 16.6 Å². The summed E-state index contributed by atoms with van der Waals surface area (Å²) in [7, 11) is -3.60. The molecule has 0 N–H and O–H groups in total. The van der Waals surface area contributed by atoms with E-state index in [1.807, 2.05) is 48.5 Å². The molecule has 182 valence electrons. The molecule has 0 spiro atoms. The quantitative estimate of drug-likeness (QED) is 0.253.